The Bertz CT molecular complexity index is 1160. The third kappa shape index (κ3) is 4.07. The molecule has 1 aromatic carbocycles. The van der Waals surface area contributed by atoms with Crippen molar-refractivity contribution in [3.05, 3.63) is 89.4 Å². The highest BCUT2D eigenvalue weighted by molar-refractivity contribution is 6.11. The molecular formula is C25H26N6O. The average molecular weight is 427 g/mol. The van der Waals surface area contributed by atoms with Gasteiger partial charge in [-0.3, -0.25) is 4.79 Å². The lowest BCUT2D eigenvalue weighted by Crippen LogP contribution is -2.46. The van der Waals surface area contributed by atoms with Gasteiger partial charge in [0.25, 0.3) is 0 Å². The number of aromatic nitrogens is 2. The van der Waals surface area contributed by atoms with E-state index in [0.717, 1.165) is 49.6 Å². The minimum atomic E-state index is -0.208. The summed E-state index contributed by atoms with van der Waals surface area (Å²) >= 11 is 0. The maximum absolute atomic E-state index is 13.3. The van der Waals surface area contributed by atoms with Crippen LogP contribution in [0.4, 0.5) is 11.6 Å². The molecule has 0 spiro atoms. The Morgan fingerprint density at radius 1 is 1.09 bits per heavy atom. The first kappa shape index (κ1) is 20.2. The van der Waals surface area contributed by atoms with Gasteiger partial charge in [-0.2, -0.15) is 0 Å². The molecule has 0 amide bonds. The molecular weight excluding hydrogens is 400 g/mol. The van der Waals surface area contributed by atoms with Crippen LogP contribution >= 0.6 is 0 Å². The van der Waals surface area contributed by atoms with Crippen LogP contribution in [-0.4, -0.2) is 41.9 Å². The van der Waals surface area contributed by atoms with Crippen molar-refractivity contribution in [2.75, 3.05) is 36.8 Å². The maximum atomic E-state index is 13.3. The molecule has 5 rings (SSSR count). The highest BCUT2D eigenvalue weighted by Crippen LogP contribution is 2.25. The second-order valence-corrected chi connectivity index (χ2v) is 8.10. The molecule has 32 heavy (non-hydrogen) atoms. The normalized spacial score (nSPS) is 18.2. The molecule has 4 heterocycles. The van der Waals surface area contributed by atoms with Crippen molar-refractivity contribution < 1.29 is 4.79 Å². The standard InChI is InChI=1S/C25H26N6O/c26-25-20(13-19(15-29-25)18-9-10-27-14-18)24(32)21-7-4-8-23(30-21)31-12-11-28-22(16-31)17-5-2-1-3-6-17/h1-8,13-15,22,27-28H,9-12,16H2,(H2,26,29). The Hall–Kier alpha value is -3.71. The van der Waals surface area contributed by atoms with Crippen molar-refractivity contribution >= 4 is 23.0 Å². The first-order valence-corrected chi connectivity index (χ1v) is 10.9. The quantitative estimate of drug-likeness (QED) is 0.540. The van der Waals surface area contributed by atoms with E-state index in [2.05, 4.69) is 44.8 Å². The summed E-state index contributed by atoms with van der Waals surface area (Å²) in [6.45, 7) is 3.35. The van der Waals surface area contributed by atoms with E-state index in [9.17, 15) is 4.79 Å². The molecule has 1 atom stereocenters. The number of piperazine rings is 1. The van der Waals surface area contributed by atoms with E-state index >= 15 is 0 Å². The van der Waals surface area contributed by atoms with Crippen molar-refractivity contribution in [1.82, 2.24) is 20.6 Å². The van der Waals surface area contributed by atoms with Crippen LogP contribution in [0.3, 0.4) is 0 Å². The smallest absolute Gasteiger partial charge is 0.215 e. The first-order valence-electron chi connectivity index (χ1n) is 10.9. The van der Waals surface area contributed by atoms with Gasteiger partial charge in [0.2, 0.25) is 5.78 Å². The zero-order valence-electron chi connectivity index (χ0n) is 17.8. The second-order valence-electron chi connectivity index (χ2n) is 8.10. The number of nitrogens with one attached hydrogen (secondary N) is 2. The van der Waals surface area contributed by atoms with Gasteiger partial charge in [0.05, 0.1) is 5.56 Å². The minimum Gasteiger partial charge on any atom is -0.390 e. The lowest BCUT2D eigenvalue weighted by molar-refractivity contribution is 0.103. The summed E-state index contributed by atoms with van der Waals surface area (Å²) in [5.74, 6) is 0.812. The number of ketones is 1. The van der Waals surface area contributed by atoms with Gasteiger partial charge in [-0.05, 0) is 41.3 Å². The monoisotopic (exact) mass is 426 g/mol. The number of pyridine rings is 2. The van der Waals surface area contributed by atoms with Crippen molar-refractivity contribution in [3.63, 3.8) is 0 Å². The average Bonchev–Trinajstić information content (AvgIpc) is 3.40. The van der Waals surface area contributed by atoms with Crippen molar-refractivity contribution in [2.45, 2.75) is 12.5 Å². The van der Waals surface area contributed by atoms with Crippen LogP contribution in [0.1, 0.15) is 39.6 Å². The molecule has 3 aromatic rings. The van der Waals surface area contributed by atoms with E-state index in [0.29, 0.717) is 11.3 Å². The van der Waals surface area contributed by atoms with Crippen molar-refractivity contribution in [2.24, 2.45) is 0 Å². The molecule has 1 fully saturated rings. The molecule has 7 nitrogen and oxygen atoms in total. The Labute approximate surface area is 187 Å². The summed E-state index contributed by atoms with van der Waals surface area (Å²) in [6.07, 6.45) is 4.59. The molecule has 4 N–H and O–H groups in total. The molecule has 2 aliphatic rings. The van der Waals surface area contributed by atoms with Crippen molar-refractivity contribution in [3.8, 4) is 0 Å². The fraction of sp³-hybridized carbons (Fsp3) is 0.240. The van der Waals surface area contributed by atoms with Gasteiger partial charge in [0.15, 0.2) is 0 Å². The van der Waals surface area contributed by atoms with E-state index < -0.39 is 0 Å². The Morgan fingerprint density at radius 3 is 2.78 bits per heavy atom. The van der Waals surface area contributed by atoms with Crippen LogP contribution in [0.25, 0.3) is 5.57 Å². The molecule has 162 valence electrons. The summed E-state index contributed by atoms with van der Waals surface area (Å²) in [6, 6.07) is 18.0. The largest absolute Gasteiger partial charge is 0.390 e. The predicted octanol–water partition coefficient (Wildman–Crippen LogP) is 2.77. The van der Waals surface area contributed by atoms with Crippen LogP contribution in [0.2, 0.25) is 0 Å². The topological polar surface area (TPSA) is 96.2 Å². The second kappa shape index (κ2) is 8.80. The van der Waals surface area contributed by atoms with Crippen LogP contribution in [0, 0.1) is 0 Å². The molecule has 0 aliphatic carbocycles. The molecule has 2 aliphatic heterocycles. The molecule has 7 heteroatoms. The zero-order chi connectivity index (χ0) is 21.9. The Kier molecular flexibility index (Phi) is 5.56. The number of carbonyl (C=O) groups excluding carboxylic acids is 1. The van der Waals surface area contributed by atoms with Gasteiger partial charge < -0.3 is 21.3 Å². The lowest BCUT2D eigenvalue weighted by Gasteiger charge is -2.35. The number of benzene rings is 1. The SMILES string of the molecule is Nc1ncc(C2=CNCC2)cc1C(=O)c1cccc(N2CCNC(c3ccccc3)C2)n1. The predicted molar refractivity (Wildman–Crippen MR) is 126 cm³/mol. The number of hydrogen-bond donors (Lipinski definition) is 3. The highest BCUT2D eigenvalue weighted by Gasteiger charge is 2.23. The highest BCUT2D eigenvalue weighted by atomic mass is 16.1. The van der Waals surface area contributed by atoms with Crippen LogP contribution in [0.15, 0.2) is 67.0 Å². The molecule has 0 radical (unpaired) electrons. The molecule has 1 unspecified atom stereocenters. The number of nitrogens with zero attached hydrogens (tertiary/aromatic N) is 3. The summed E-state index contributed by atoms with van der Waals surface area (Å²) in [5, 5.41) is 6.76. The summed E-state index contributed by atoms with van der Waals surface area (Å²) in [7, 11) is 0. The summed E-state index contributed by atoms with van der Waals surface area (Å²) < 4.78 is 0. The maximum Gasteiger partial charge on any atom is 0.215 e. The van der Waals surface area contributed by atoms with Gasteiger partial charge in [-0.25, -0.2) is 9.97 Å². The number of nitrogen functional groups attached to an aromatic ring is 1. The lowest BCUT2D eigenvalue weighted by atomic mass is 10.0. The van der Waals surface area contributed by atoms with Gasteiger partial charge >= 0.3 is 0 Å². The van der Waals surface area contributed by atoms with Crippen LogP contribution < -0.4 is 21.3 Å². The van der Waals surface area contributed by atoms with Crippen molar-refractivity contribution in [1.29, 1.82) is 0 Å². The van der Waals surface area contributed by atoms with Crippen LogP contribution in [0.5, 0.6) is 0 Å². The van der Waals surface area contributed by atoms with E-state index in [4.69, 9.17) is 10.7 Å². The molecule has 0 bridgehead atoms. The van der Waals surface area contributed by atoms with Gasteiger partial charge in [-0.15, -0.1) is 0 Å². The fourth-order valence-corrected chi connectivity index (χ4v) is 4.27. The number of nitrogens with two attached hydrogens (primary N) is 1. The van der Waals surface area contributed by atoms with E-state index in [-0.39, 0.29) is 17.6 Å². The zero-order valence-corrected chi connectivity index (χ0v) is 17.8. The Morgan fingerprint density at radius 2 is 1.97 bits per heavy atom. The third-order valence-corrected chi connectivity index (χ3v) is 6.02. The van der Waals surface area contributed by atoms with Gasteiger partial charge in [0.1, 0.15) is 17.3 Å². The van der Waals surface area contributed by atoms with E-state index in [1.807, 2.05) is 30.5 Å². The van der Waals surface area contributed by atoms with E-state index in [1.54, 1.807) is 12.3 Å². The molecule has 1 saturated heterocycles. The molecule has 2 aromatic heterocycles. The summed E-state index contributed by atoms with van der Waals surface area (Å²) in [5.41, 5.74) is 10.1. The number of hydrogen-bond acceptors (Lipinski definition) is 7. The molecule has 0 saturated carbocycles. The Balaban J connectivity index is 1.39. The van der Waals surface area contributed by atoms with Crippen LogP contribution in [-0.2, 0) is 0 Å². The first-order chi connectivity index (χ1) is 15.7. The van der Waals surface area contributed by atoms with Gasteiger partial charge in [-0.1, -0.05) is 36.4 Å². The number of rotatable bonds is 5. The van der Waals surface area contributed by atoms with E-state index in [1.165, 1.54) is 5.56 Å². The number of carbonyl (C=O) groups is 1. The third-order valence-electron chi connectivity index (χ3n) is 6.02. The summed E-state index contributed by atoms with van der Waals surface area (Å²) in [4.78, 5) is 24.5. The minimum absolute atomic E-state index is 0.208. The van der Waals surface area contributed by atoms with Gasteiger partial charge in [0, 0.05) is 44.6 Å². The fourth-order valence-electron chi connectivity index (χ4n) is 4.27. The number of anilines is 2.